The number of nitrogens with zero attached hydrogens (tertiary/aromatic N) is 2. The lowest BCUT2D eigenvalue weighted by Gasteiger charge is -2.31. The first kappa shape index (κ1) is 31.9. The van der Waals surface area contributed by atoms with Gasteiger partial charge in [-0.3, -0.25) is 28.8 Å². The third kappa shape index (κ3) is 7.70. The number of aliphatic hydroxyl groups excluding tert-OH is 1. The summed E-state index contributed by atoms with van der Waals surface area (Å²) in [5.74, 6) is -3.69. The number of benzene rings is 1. The predicted octanol–water partition coefficient (Wildman–Crippen LogP) is -1.31. The summed E-state index contributed by atoms with van der Waals surface area (Å²) in [6.07, 6.45) is 2.77. The maximum atomic E-state index is 14.2. The van der Waals surface area contributed by atoms with Gasteiger partial charge in [0.1, 0.15) is 24.2 Å². The maximum absolute atomic E-state index is 14.2. The standard InChI is InChI=1S/C30H42N6O7/c1-17(2)25-28(41)32-21(12-18-8-5-4-6-9-18)30(43)36-14-20(31-26(39)19-10-7-11-19)13-23(36)27(40)33-22(16-37)29(42)35(3)15-24(38)34-25/h4-6,8-9,17,19-23,25,37H,7,10-16H2,1-3H3,(H,31,39)(H,32,41)(H,33,40)(H,34,38)/t20-,21-,22-,23-,25+/m0/s1. The number of carbonyl (C=O) groups is 6. The van der Waals surface area contributed by atoms with Gasteiger partial charge in [-0.1, -0.05) is 50.6 Å². The van der Waals surface area contributed by atoms with Gasteiger partial charge < -0.3 is 36.2 Å². The van der Waals surface area contributed by atoms with E-state index in [1.807, 2.05) is 30.3 Å². The minimum Gasteiger partial charge on any atom is -0.394 e. The zero-order valence-corrected chi connectivity index (χ0v) is 24.9. The Bertz CT molecular complexity index is 1220. The summed E-state index contributed by atoms with van der Waals surface area (Å²) in [5, 5.41) is 20.9. The number of aliphatic hydroxyl groups is 1. The van der Waals surface area contributed by atoms with Crippen LogP contribution in [0.2, 0.25) is 0 Å². The van der Waals surface area contributed by atoms with Gasteiger partial charge in [0, 0.05) is 32.0 Å². The Morgan fingerprint density at radius 3 is 2.26 bits per heavy atom. The highest BCUT2D eigenvalue weighted by atomic mass is 16.3. The number of nitrogens with one attached hydrogen (secondary N) is 4. The van der Waals surface area contributed by atoms with Gasteiger partial charge in [0.05, 0.1) is 13.2 Å². The summed E-state index contributed by atoms with van der Waals surface area (Å²) in [6, 6.07) is 4.03. The van der Waals surface area contributed by atoms with Crippen molar-refractivity contribution in [1.82, 2.24) is 31.1 Å². The fourth-order valence-corrected chi connectivity index (χ4v) is 5.70. The first-order valence-electron chi connectivity index (χ1n) is 14.9. The summed E-state index contributed by atoms with van der Waals surface area (Å²) >= 11 is 0. The molecule has 43 heavy (non-hydrogen) atoms. The van der Waals surface area contributed by atoms with Crippen LogP contribution in [0.5, 0.6) is 0 Å². The molecule has 234 valence electrons. The molecular formula is C30H42N6O7. The number of fused-ring (bicyclic) bond motifs is 1. The molecule has 0 unspecified atom stereocenters. The molecule has 1 saturated carbocycles. The smallest absolute Gasteiger partial charge is 0.247 e. The topological polar surface area (TPSA) is 177 Å². The lowest BCUT2D eigenvalue weighted by atomic mass is 9.84. The van der Waals surface area contributed by atoms with Gasteiger partial charge in [0.15, 0.2) is 0 Å². The van der Waals surface area contributed by atoms with E-state index in [1.165, 1.54) is 11.9 Å². The molecule has 6 amide bonds. The summed E-state index contributed by atoms with van der Waals surface area (Å²) in [4.78, 5) is 82.4. The molecule has 0 bridgehead atoms. The van der Waals surface area contributed by atoms with E-state index in [2.05, 4.69) is 21.3 Å². The van der Waals surface area contributed by atoms with Gasteiger partial charge >= 0.3 is 0 Å². The molecule has 1 aliphatic carbocycles. The monoisotopic (exact) mass is 598 g/mol. The zero-order chi connectivity index (χ0) is 31.3. The lowest BCUT2D eigenvalue weighted by Crippen LogP contribution is -2.58. The summed E-state index contributed by atoms with van der Waals surface area (Å²) < 4.78 is 0. The van der Waals surface area contributed by atoms with E-state index in [-0.39, 0.29) is 37.1 Å². The number of carbonyl (C=O) groups excluding carboxylic acids is 6. The molecule has 5 N–H and O–H groups in total. The average Bonchev–Trinajstić information content (AvgIpc) is 3.35. The van der Waals surface area contributed by atoms with Gasteiger partial charge in [-0.05, 0) is 30.7 Å². The molecule has 1 aromatic carbocycles. The molecule has 4 rings (SSSR count). The summed E-state index contributed by atoms with van der Waals surface area (Å²) in [5.41, 5.74) is 0.770. The van der Waals surface area contributed by atoms with Crippen molar-refractivity contribution in [1.29, 1.82) is 0 Å². The van der Waals surface area contributed by atoms with Gasteiger partial charge in [-0.2, -0.15) is 0 Å². The fraction of sp³-hybridized carbons (Fsp3) is 0.600. The van der Waals surface area contributed by atoms with E-state index in [1.54, 1.807) is 13.8 Å². The predicted molar refractivity (Wildman–Crippen MR) is 155 cm³/mol. The number of rotatable bonds is 6. The Hall–Kier alpha value is -4.00. The molecule has 1 aromatic rings. The molecular weight excluding hydrogens is 556 g/mol. The van der Waals surface area contributed by atoms with Crippen LogP contribution in [0.4, 0.5) is 0 Å². The highest BCUT2D eigenvalue weighted by Crippen LogP contribution is 2.28. The third-order valence-electron chi connectivity index (χ3n) is 8.43. The Balaban J connectivity index is 1.70. The second-order valence-corrected chi connectivity index (χ2v) is 12.1. The van der Waals surface area contributed by atoms with Crippen molar-refractivity contribution >= 4 is 35.4 Å². The van der Waals surface area contributed by atoms with Crippen molar-refractivity contribution in [2.45, 2.75) is 76.2 Å². The van der Waals surface area contributed by atoms with Crippen LogP contribution in [0.25, 0.3) is 0 Å². The van der Waals surface area contributed by atoms with Crippen LogP contribution in [0.1, 0.15) is 45.1 Å². The Kier molecular flexibility index (Phi) is 10.4. The molecule has 0 spiro atoms. The van der Waals surface area contributed by atoms with Crippen LogP contribution < -0.4 is 21.3 Å². The van der Waals surface area contributed by atoms with Crippen molar-refractivity contribution in [2.75, 3.05) is 26.7 Å². The molecule has 13 nitrogen and oxygen atoms in total. The van der Waals surface area contributed by atoms with Crippen molar-refractivity contribution in [3.8, 4) is 0 Å². The number of likely N-dealkylation sites (N-methyl/N-ethyl adjacent to an activating group) is 1. The summed E-state index contributed by atoms with van der Waals surface area (Å²) in [7, 11) is 1.35. The zero-order valence-electron chi connectivity index (χ0n) is 24.9. The SMILES string of the molecule is CC(C)[C@H]1NC(=O)CN(C)C(=O)[C@H](CO)NC(=O)[C@@H]2C[C@H](NC(=O)C3CCC3)CN2C(=O)[C@H](Cc2ccccc2)NC1=O. The van der Waals surface area contributed by atoms with Crippen LogP contribution >= 0.6 is 0 Å². The number of hydrogen-bond donors (Lipinski definition) is 5. The molecule has 2 heterocycles. The van der Waals surface area contributed by atoms with E-state index in [9.17, 15) is 33.9 Å². The normalized spacial score (nSPS) is 27.8. The van der Waals surface area contributed by atoms with Crippen molar-refractivity contribution in [3.63, 3.8) is 0 Å². The molecule has 3 fully saturated rings. The third-order valence-corrected chi connectivity index (χ3v) is 8.43. The largest absolute Gasteiger partial charge is 0.394 e. The van der Waals surface area contributed by atoms with Crippen LogP contribution in [0, 0.1) is 11.8 Å². The first-order chi connectivity index (χ1) is 20.5. The number of hydrogen-bond acceptors (Lipinski definition) is 7. The van der Waals surface area contributed by atoms with Crippen molar-refractivity contribution in [3.05, 3.63) is 35.9 Å². The van der Waals surface area contributed by atoms with Gasteiger partial charge in [0.25, 0.3) is 0 Å². The molecule has 2 saturated heterocycles. The van der Waals surface area contributed by atoms with E-state index in [0.29, 0.717) is 0 Å². The van der Waals surface area contributed by atoms with E-state index in [0.717, 1.165) is 29.7 Å². The van der Waals surface area contributed by atoms with Gasteiger partial charge in [-0.25, -0.2) is 0 Å². The number of amides is 6. The maximum Gasteiger partial charge on any atom is 0.247 e. The fourth-order valence-electron chi connectivity index (χ4n) is 5.70. The van der Waals surface area contributed by atoms with Gasteiger partial charge in [-0.15, -0.1) is 0 Å². The Labute approximate surface area is 251 Å². The highest BCUT2D eigenvalue weighted by Gasteiger charge is 2.44. The second-order valence-electron chi connectivity index (χ2n) is 12.1. The van der Waals surface area contributed by atoms with Crippen LogP contribution in [-0.2, 0) is 35.2 Å². The van der Waals surface area contributed by atoms with Crippen molar-refractivity contribution < 1.29 is 33.9 Å². The molecule has 2 aliphatic heterocycles. The summed E-state index contributed by atoms with van der Waals surface area (Å²) in [6.45, 7) is 2.37. The average molecular weight is 599 g/mol. The van der Waals surface area contributed by atoms with Crippen LogP contribution in [0.3, 0.4) is 0 Å². The van der Waals surface area contributed by atoms with E-state index in [4.69, 9.17) is 0 Å². The molecule has 0 aromatic heterocycles. The highest BCUT2D eigenvalue weighted by molar-refractivity contribution is 5.97. The first-order valence-corrected chi connectivity index (χ1v) is 14.9. The minimum atomic E-state index is -1.36. The van der Waals surface area contributed by atoms with Gasteiger partial charge in [0.2, 0.25) is 35.4 Å². The second kappa shape index (κ2) is 14.0. The molecule has 0 radical (unpaired) electrons. The Morgan fingerprint density at radius 1 is 0.977 bits per heavy atom. The quantitative estimate of drug-likeness (QED) is 0.270. The molecule has 3 aliphatic rings. The van der Waals surface area contributed by atoms with Crippen molar-refractivity contribution in [2.24, 2.45) is 11.8 Å². The molecule has 13 heteroatoms. The Morgan fingerprint density at radius 2 is 1.65 bits per heavy atom. The minimum absolute atomic E-state index is 0.0263. The van der Waals surface area contributed by atoms with E-state index >= 15 is 0 Å². The van der Waals surface area contributed by atoms with Crippen LogP contribution in [-0.4, -0.2) is 107 Å². The molecule has 5 atom stereocenters. The van der Waals surface area contributed by atoms with E-state index < -0.39 is 72.9 Å². The lowest BCUT2D eigenvalue weighted by molar-refractivity contribution is -0.143. The van der Waals surface area contributed by atoms with Crippen LogP contribution in [0.15, 0.2) is 30.3 Å².